The molecule has 0 bridgehead atoms. The maximum Gasteiger partial charge on any atom is 0.430 e. The molecule has 0 saturated carbocycles. The van der Waals surface area contributed by atoms with Crippen LogP contribution in [0, 0.1) is 0 Å². The minimum atomic E-state index is -5.94. The van der Waals surface area contributed by atoms with Gasteiger partial charge in [-0.2, -0.15) is 26.3 Å². The summed E-state index contributed by atoms with van der Waals surface area (Å²) in [7, 11) is 0. The third kappa shape index (κ3) is 8.60. The lowest BCUT2D eigenvalue weighted by molar-refractivity contribution is -0.376. The van der Waals surface area contributed by atoms with E-state index < -0.39 is 23.5 Å². The lowest BCUT2D eigenvalue weighted by atomic mass is 9.90. The van der Waals surface area contributed by atoms with Crippen molar-refractivity contribution < 1.29 is 45.7 Å². The summed E-state index contributed by atoms with van der Waals surface area (Å²) < 4.78 is 89.9. The minimum Gasteiger partial charge on any atom is -0.463 e. The Kier molecular flexibility index (Phi) is 11.2. The fourth-order valence-electron chi connectivity index (χ4n) is 5.29. The number of alkyl halides is 6. The SMILES string of the molecule is CCOCCOC(=O)C[C@H]1CN(Cc2ccc(-c3ccc(C(O)(C(F)(F)F)C(F)(F)F)cc3)cc2)CCN1Cc1ccncc1. The molecule has 7 nitrogen and oxygen atoms in total. The zero-order chi connectivity index (χ0) is 32.7. The van der Waals surface area contributed by atoms with E-state index in [4.69, 9.17) is 9.47 Å². The molecule has 2 aromatic carbocycles. The number of aliphatic hydroxyl groups is 1. The molecular weight excluding hydrogens is 604 g/mol. The molecule has 45 heavy (non-hydrogen) atoms. The number of aromatic nitrogens is 1. The Morgan fingerprint density at radius 3 is 2.00 bits per heavy atom. The smallest absolute Gasteiger partial charge is 0.430 e. The van der Waals surface area contributed by atoms with Crippen LogP contribution in [-0.2, 0) is 33.0 Å². The molecule has 244 valence electrons. The molecule has 2 heterocycles. The zero-order valence-corrected chi connectivity index (χ0v) is 24.7. The largest absolute Gasteiger partial charge is 0.463 e. The Morgan fingerprint density at radius 2 is 1.42 bits per heavy atom. The molecule has 3 aromatic rings. The highest BCUT2D eigenvalue weighted by Gasteiger charge is 2.71. The molecule has 1 fully saturated rings. The average molecular weight is 640 g/mol. The monoisotopic (exact) mass is 639 g/mol. The van der Waals surface area contributed by atoms with Crippen LogP contribution in [0.25, 0.3) is 11.1 Å². The van der Waals surface area contributed by atoms with Gasteiger partial charge in [0.05, 0.1) is 13.0 Å². The predicted molar refractivity (Wildman–Crippen MR) is 154 cm³/mol. The quantitative estimate of drug-likeness (QED) is 0.155. The van der Waals surface area contributed by atoms with Crippen LogP contribution < -0.4 is 0 Å². The molecule has 4 rings (SSSR count). The van der Waals surface area contributed by atoms with Gasteiger partial charge in [0, 0.05) is 63.3 Å². The van der Waals surface area contributed by atoms with Gasteiger partial charge >= 0.3 is 18.3 Å². The van der Waals surface area contributed by atoms with Crippen LogP contribution in [0.3, 0.4) is 0 Å². The van der Waals surface area contributed by atoms with Crippen molar-refractivity contribution in [1.82, 2.24) is 14.8 Å². The average Bonchev–Trinajstić information content (AvgIpc) is 3.00. The summed E-state index contributed by atoms with van der Waals surface area (Å²) in [5, 5.41) is 9.63. The third-order valence-electron chi connectivity index (χ3n) is 7.74. The summed E-state index contributed by atoms with van der Waals surface area (Å²) in [6, 6.07) is 14.4. The van der Waals surface area contributed by atoms with Crippen LogP contribution >= 0.6 is 0 Å². The van der Waals surface area contributed by atoms with E-state index in [0.29, 0.717) is 62.7 Å². The molecule has 0 unspecified atom stereocenters. The highest BCUT2D eigenvalue weighted by molar-refractivity contribution is 5.70. The van der Waals surface area contributed by atoms with Crippen LogP contribution in [0.15, 0.2) is 73.1 Å². The lowest BCUT2D eigenvalue weighted by Gasteiger charge is -2.41. The molecule has 13 heteroatoms. The molecule has 1 saturated heterocycles. The summed E-state index contributed by atoms with van der Waals surface area (Å²) in [6.45, 7) is 6.22. The zero-order valence-electron chi connectivity index (χ0n) is 24.7. The van der Waals surface area contributed by atoms with Gasteiger partial charge in [-0.3, -0.25) is 19.6 Å². The predicted octanol–water partition coefficient (Wildman–Crippen LogP) is 5.72. The van der Waals surface area contributed by atoms with Crippen molar-refractivity contribution in [3.05, 3.63) is 89.7 Å². The van der Waals surface area contributed by atoms with Crippen molar-refractivity contribution in [2.75, 3.05) is 39.5 Å². The van der Waals surface area contributed by atoms with Gasteiger partial charge in [-0.1, -0.05) is 48.5 Å². The fourth-order valence-corrected chi connectivity index (χ4v) is 5.29. The maximum atomic E-state index is 13.2. The van der Waals surface area contributed by atoms with E-state index >= 15 is 0 Å². The van der Waals surface area contributed by atoms with E-state index in [0.717, 1.165) is 29.8 Å². The lowest BCUT2D eigenvalue weighted by Crippen LogP contribution is -2.53. The molecule has 0 radical (unpaired) electrons. The number of nitrogens with zero attached hydrogens (tertiary/aromatic N) is 3. The van der Waals surface area contributed by atoms with Gasteiger partial charge in [0.1, 0.15) is 6.61 Å². The van der Waals surface area contributed by atoms with Gasteiger partial charge in [0.2, 0.25) is 0 Å². The second-order valence-corrected chi connectivity index (χ2v) is 10.8. The minimum absolute atomic E-state index is 0.101. The summed E-state index contributed by atoms with van der Waals surface area (Å²) >= 11 is 0. The van der Waals surface area contributed by atoms with Crippen molar-refractivity contribution in [2.45, 2.75) is 50.4 Å². The molecule has 1 aromatic heterocycles. The standard InChI is InChI=1S/C32H35F6N3O4/c1-2-44-17-18-45-29(42)19-28-22-40(15-16-41(28)21-24-11-13-39-14-12-24)20-23-3-5-25(6-4-23)26-7-9-27(10-8-26)30(43,31(33,34)35)32(36,37)38/h3-14,28,43H,2,15-22H2,1H3/t28-/m0/s1. The summed E-state index contributed by atoms with van der Waals surface area (Å²) in [6.07, 6.45) is -8.22. The first-order chi connectivity index (χ1) is 21.3. The van der Waals surface area contributed by atoms with Crippen LogP contribution in [0.2, 0.25) is 0 Å². The Bertz CT molecular complexity index is 1350. The first kappa shape index (κ1) is 34.4. The van der Waals surface area contributed by atoms with Gasteiger partial charge < -0.3 is 14.6 Å². The number of halogens is 6. The van der Waals surface area contributed by atoms with Gasteiger partial charge in [-0.25, -0.2) is 0 Å². The number of hydrogen-bond donors (Lipinski definition) is 1. The number of carbonyl (C=O) groups excluding carboxylic acids is 1. The molecule has 1 aliphatic heterocycles. The van der Waals surface area contributed by atoms with Crippen molar-refractivity contribution in [3.8, 4) is 11.1 Å². The van der Waals surface area contributed by atoms with E-state index in [1.54, 1.807) is 24.5 Å². The van der Waals surface area contributed by atoms with Crippen molar-refractivity contribution >= 4 is 5.97 Å². The molecule has 0 amide bonds. The number of ether oxygens (including phenoxy) is 2. The number of hydrogen-bond acceptors (Lipinski definition) is 7. The van der Waals surface area contributed by atoms with Gasteiger partial charge in [-0.05, 0) is 41.3 Å². The van der Waals surface area contributed by atoms with E-state index in [1.807, 2.05) is 31.2 Å². The van der Waals surface area contributed by atoms with E-state index in [-0.39, 0.29) is 25.0 Å². The van der Waals surface area contributed by atoms with Gasteiger partial charge in [-0.15, -0.1) is 0 Å². The summed E-state index contributed by atoms with van der Waals surface area (Å²) in [5.74, 6) is -0.305. The Morgan fingerprint density at radius 1 is 0.844 bits per heavy atom. The second-order valence-electron chi connectivity index (χ2n) is 10.8. The van der Waals surface area contributed by atoms with Gasteiger partial charge in [0.15, 0.2) is 0 Å². The molecular formula is C32H35F6N3O4. The number of carbonyl (C=O) groups is 1. The third-order valence-corrected chi connectivity index (χ3v) is 7.74. The maximum absolute atomic E-state index is 13.2. The summed E-state index contributed by atoms with van der Waals surface area (Å²) in [5.41, 5.74) is -3.27. The molecule has 0 aliphatic carbocycles. The Balaban J connectivity index is 1.42. The van der Waals surface area contributed by atoms with Gasteiger partial charge in [0.25, 0.3) is 5.60 Å². The van der Waals surface area contributed by atoms with Crippen LogP contribution in [-0.4, -0.2) is 83.7 Å². The topological polar surface area (TPSA) is 75.1 Å². The van der Waals surface area contributed by atoms with Crippen molar-refractivity contribution in [1.29, 1.82) is 0 Å². The van der Waals surface area contributed by atoms with Crippen LogP contribution in [0.1, 0.15) is 30.0 Å². The number of pyridine rings is 1. The number of rotatable bonds is 12. The summed E-state index contributed by atoms with van der Waals surface area (Å²) in [4.78, 5) is 21.2. The molecule has 1 atom stereocenters. The highest BCUT2D eigenvalue weighted by atomic mass is 19.4. The first-order valence-corrected chi connectivity index (χ1v) is 14.5. The Labute approximate surface area is 257 Å². The highest BCUT2D eigenvalue weighted by Crippen LogP contribution is 2.50. The molecule has 1 aliphatic rings. The number of benzene rings is 2. The van der Waals surface area contributed by atoms with E-state index in [9.17, 15) is 36.2 Å². The normalized spacial score (nSPS) is 16.9. The Hall–Kier alpha value is -3.52. The van der Waals surface area contributed by atoms with Crippen molar-refractivity contribution in [3.63, 3.8) is 0 Å². The molecule has 1 N–H and O–H groups in total. The van der Waals surface area contributed by atoms with Crippen molar-refractivity contribution in [2.24, 2.45) is 0 Å². The first-order valence-electron chi connectivity index (χ1n) is 14.5. The number of esters is 1. The fraction of sp³-hybridized carbons (Fsp3) is 0.438. The van der Waals surface area contributed by atoms with E-state index in [2.05, 4.69) is 14.8 Å². The van der Waals surface area contributed by atoms with Crippen LogP contribution in [0.5, 0.6) is 0 Å². The van der Waals surface area contributed by atoms with Crippen LogP contribution in [0.4, 0.5) is 26.3 Å². The van der Waals surface area contributed by atoms with E-state index in [1.165, 1.54) is 0 Å². The second kappa shape index (κ2) is 14.7. The number of piperazine rings is 1. The molecule has 0 spiro atoms.